The molecule has 2 N–H and O–H groups in total. The van der Waals surface area contributed by atoms with Gasteiger partial charge in [-0.15, -0.1) is 0 Å². The van der Waals surface area contributed by atoms with E-state index in [1.54, 1.807) is 37.4 Å². The standard InChI is InChI=1S/C23H21N3O3/c1-16-7-3-5-9-20(16)23(28)25-19-13-11-17(12-14-19)22(27)26-24-15-18-8-4-6-10-21(18)29-2/h3-15H,1-2H3,(H,25,28)(H,26,27)/b24-15-. The van der Waals surface area contributed by atoms with Gasteiger partial charge in [0.25, 0.3) is 11.8 Å². The van der Waals surface area contributed by atoms with E-state index in [2.05, 4.69) is 15.8 Å². The summed E-state index contributed by atoms with van der Waals surface area (Å²) < 4.78 is 5.23. The van der Waals surface area contributed by atoms with Crippen molar-refractivity contribution in [2.45, 2.75) is 6.92 Å². The second-order valence-electron chi connectivity index (χ2n) is 6.29. The first-order valence-corrected chi connectivity index (χ1v) is 9.02. The lowest BCUT2D eigenvalue weighted by Gasteiger charge is -2.08. The van der Waals surface area contributed by atoms with Gasteiger partial charge in [-0.3, -0.25) is 9.59 Å². The van der Waals surface area contributed by atoms with E-state index >= 15 is 0 Å². The summed E-state index contributed by atoms with van der Waals surface area (Å²) >= 11 is 0. The molecule has 0 saturated carbocycles. The zero-order chi connectivity index (χ0) is 20.6. The van der Waals surface area contributed by atoms with Crippen LogP contribution in [0.4, 0.5) is 5.69 Å². The van der Waals surface area contributed by atoms with Crippen molar-refractivity contribution in [1.29, 1.82) is 0 Å². The summed E-state index contributed by atoms with van der Waals surface area (Å²) in [5, 5.41) is 6.80. The lowest BCUT2D eigenvalue weighted by atomic mass is 10.1. The number of carbonyl (C=O) groups excluding carboxylic acids is 2. The van der Waals surface area contributed by atoms with Crippen LogP contribution in [-0.2, 0) is 0 Å². The van der Waals surface area contributed by atoms with Gasteiger partial charge in [0.2, 0.25) is 0 Å². The maximum atomic E-state index is 12.4. The zero-order valence-electron chi connectivity index (χ0n) is 16.2. The number of methoxy groups -OCH3 is 1. The summed E-state index contributed by atoms with van der Waals surface area (Å²) in [6.07, 6.45) is 1.52. The Hall–Kier alpha value is -3.93. The molecule has 0 fully saturated rings. The van der Waals surface area contributed by atoms with Gasteiger partial charge in [0.1, 0.15) is 5.75 Å². The minimum Gasteiger partial charge on any atom is -0.496 e. The third-order valence-electron chi connectivity index (χ3n) is 4.30. The number of hydrogen-bond acceptors (Lipinski definition) is 4. The number of amides is 2. The Balaban J connectivity index is 1.61. The Bertz CT molecular complexity index is 1040. The van der Waals surface area contributed by atoms with Crippen LogP contribution >= 0.6 is 0 Å². The normalized spacial score (nSPS) is 10.6. The second-order valence-corrected chi connectivity index (χ2v) is 6.29. The topological polar surface area (TPSA) is 79.8 Å². The molecular weight excluding hydrogens is 366 g/mol. The van der Waals surface area contributed by atoms with Crippen molar-refractivity contribution in [3.05, 3.63) is 95.1 Å². The third-order valence-corrected chi connectivity index (χ3v) is 4.30. The van der Waals surface area contributed by atoms with E-state index in [0.717, 1.165) is 11.1 Å². The van der Waals surface area contributed by atoms with Crippen molar-refractivity contribution < 1.29 is 14.3 Å². The molecule has 6 nitrogen and oxygen atoms in total. The zero-order valence-corrected chi connectivity index (χ0v) is 16.2. The summed E-state index contributed by atoms with van der Waals surface area (Å²) in [4.78, 5) is 24.6. The summed E-state index contributed by atoms with van der Waals surface area (Å²) in [6.45, 7) is 1.88. The number of anilines is 1. The highest BCUT2D eigenvalue weighted by molar-refractivity contribution is 6.05. The smallest absolute Gasteiger partial charge is 0.271 e. The molecular formula is C23H21N3O3. The molecule has 2 amide bonds. The number of nitrogens with zero attached hydrogens (tertiary/aromatic N) is 1. The van der Waals surface area contributed by atoms with Gasteiger partial charge in [-0.2, -0.15) is 5.10 Å². The summed E-state index contributed by atoms with van der Waals surface area (Å²) in [5.74, 6) is 0.119. The summed E-state index contributed by atoms with van der Waals surface area (Å²) in [6, 6.07) is 21.3. The maximum Gasteiger partial charge on any atom is 0.271 e. The molecule has 0 radical (unpaired) electrons. The van der Waals surface area contributed by atoms with Crippen molar-refractivity contribution >= 4 is 23.7 Å². The molecule has 0 spiro atoms. The van der Waals surface area contributed by atoms with Gasteiger partial charge in [0.05, 0.1) is 13.3 Å². The maximum absolute atomic E-state index is 12.4. The molecule has 0 unspecified atom stereocenters. The van der Waals surface area contributed by atoms with Crippen molar-refractivity contribution in [3.63, 3.8) is 0 Å². The van der Waals surface area contributed by atoms with Gasteiger partial charge in [-0.05, 0) is 55.0 Å². The molecule has 0 saturated heterocycles. The number of hydrazone groups is 1. The van der Waals surface area contributed by atoms with Crippen molar-refractivity contribution in [2.75, 3.05) is 12.4 Å². The number of aryl methyl sites for hydroxylation is 1. The van der Waals surface area contributed by atoms with Gasteiger partial charge in [-0.1, -0.05) is 30.3 Å². The predicted octanol–water partition coefficient (Wildman–Crippen LogP) is 4.02. The van der Waals surface area contributed by atoms with E-state index in [0.29, 0.717) is 22.6 Å². The number of para-hydroxylation sites is 1. The van der Waals surface area contributed by atoms with Gasteiger partial charge in [0.15, 0.2) is 0 Å². The summed E-state index contributed by atoms with van der Waals surface area (Å²) in [5.41, 5.74) is 5.77. The third kappa shape index (κ3) is 5.07. The SMILES string of the molecule is COc1ccccc1/C=N\NC(=O)c1ccc(NC(=O)c2ccccc2C)cc1. The number of benzene rings is 3. The molecule has 0 aliphatic heterocycles. The Morgan fingerprint density at radius 3 is 2.31 bits per heavy atom. The van der Waals surface area contributed by atoms with Crippen LogP contribution < -0.4 is 15.5 Å². The summed E-state index contributed by atoms with van der Waals surface area (Å²) in [7, 11) is 1.57. The molecule has 146 valence electrons. The number of carbonyl (C=O) groups is 2. The highest BCUT2D eigenvalue weighted by Crippen LogP contribution is 2.15. The molecule has 3 rings (SSSR count). The van der Waals surface area contributed by atoms with Crippen LogP contribution in [0.2, 0.25) is 0 Å². The average molecular weight is 387 g/mol. The van der Waals surface area contributed by atoms with Gasteiger partial charge in [-0.25, -0.2) is 5.43 Å². The average Bonchev–Trinajstić information content (AvgIpc) is 2.74. The number of ether oxygens (including phenoxy) is 1. The molecule has 0 atom stereocenters. The van der Waals surface area contributed by atoms with Crippen molar-refractivity contribution in [3.8, 4) is 5.75 Å². The van der Waals surface area contributed by atoms with E-state index in [1.807, 2.05) is 49.4 Å². The predicted molar refractivity (Wildman–Crippen MR) is 114 cm³/mol. The Labute approximate surface area is 169 Å². The molecule has 3 aromatic rings. The molecule has 6 heteroatoms. The largest absolute Gasteiger partial charge is 0.496 e. The first kappa shape index (κ1) is 19.8. The van der Waals surface area contributed by atoms with Crippen LogP contribution in [-0.4, -0.2) is 25.1 Å². The fourth-order valence-electron chi connectivity index (χ4n) is 2.73. The van der Waals surface area contributed by atoms with Crippen LogP contribution in [0.15, 0.2) is 77.9 Å². The van der Waals surface area contributed by atoms with Gasteiger partial charge >= 0.3 is 0 Å². The molecule has 29 heavy (non-hydrogen) atoms. The molecule has 0 aromatic heterocycles. The first-order chi connectivity index (χ1) is 14.1. The lowest BCUT2D eigenvalue weighted by molar-refractivity contribution is 0.0954. The van der Waals surface area contributed by atoms with E-state index in [9.17, 15) is 9.59 Å². The minimum atomic E-state index is -0.354. The molecule has 3 aromatic carbocycles. The minimum absolute atomic E-state index is 0.193. The highest BCUT2D eigenvalue weighted by atomic mass is 16.5. The highest BCUT2D eigenvalue weighted by Gasteiger charge is 2.09. The second kappa shape index (κ2) is 9.32. The molecule has 0 heterocycles. The van der Waals surface area contributed by atoms with Crippen LogP contribution in [0.25, 0.3) is 0 Å². The number of hydrogen-bond donors (Lipinski definition) is 2. The van der Waals surface area contributed by atoms with Crippen LogP contribution in [0.5, 0.6) is 5.75 Å². The van der Waals surface area contributed by atoms with Crippen LogP contribution in [0, 0.1) is 6.92 Å². The molecule has 0 aliphatic carbocycles. The first-order valence-electron chi connectivity index (χ1n) is 9.02. The van der Waals surface area contributed by atoms with E-state index in [1.165, 1.54) is 6.21 Å². The molecule has 0 aliphatic rings. The molecule has 0 bridgehead atoms. The number of nitrogens with one attached hydrogen (secondary N) is 2. The van der Waals surface area contributed by atoms with Crippen LogP contribution in [0.3, 0.4) is 0 Å². The van der Waals surface area contributed by atoms with E-state index < -0.39 is 0 Å². The van der Waals surface area contributed by atoms with Gasteiger partial charge in [0, 0.05) is 22.4 Å². The van der Waals surface area contributed by atoms with Crippen LogP contribution in [0.1, 0.15) is 31.8 Å². The Morgan fingerprint density at radius 2 is 1.59 bits per heavy atom. The van der Waals surface area contributed by atoms with E-state index in [4.69, 9.17) is 4.74 Å². The quantitative estimate of drug-likeness (QED) is 0.495. The lowest BCUT2D eigenvalue weighted by Crippen LogP contribution is -2.18. The van der Waals surface area contributed by atoms with Crippen molar-refractivity contribution in [2.24, 2.45) is 5.10 Å². The fourth-order valence-corrected chi connectivity index (χ4v) is 2.73. The van der Waals surface area contributed by atoms with E-state index in [-0.39, 0.29) is 11.8 Å². The Morgan fingerprint density at radius 1 is 0.897 bits per heavy atom. The van der Waals surface area contributed by atoms with Gasteiger partial charge < -0.3 is 10.1 Å². The Kier molecular flexibility index (Phi) is 6.37. The van der Waals surface area contributed by atoms with Crippen molar-refractivity contribution in [1.82, 2.24) is 5.43 Å². The monoisotopic (exact) mass is 387 g/mol. The number of rotatable bonds is 6. The fraction of sp³-hybridized carbons (Fsp3) is 0.0870.